The number of carbonyl (C=O) groups excluding carboxylic acids is 1. The summed E-state index contributed by atoms with van der Waals surface area (Å²) >= 11 is 0. The molecule has 94 valence electrons. The van der Waals surface area contributed by atoms with Gasteiger partial charge in [0.1, 0.15) is 0 Å². The number of hydrogen-bond donors (Lipinski definition) is 3. The second kappa shape index (κ2) is 4.70. The van der Waals surface area contributed by atoms with Gasteiger partial charge in [-0.15, -0.1) is 0 Å². The van der Waals surface area contributed by atoms with Gasteiger partial charge in [0.15, 0.2) is 0 Å². The molecule has 16 heavy (non-hydrogen) atoms. The van der Waals surface area contributed by atoms with Crippen LogP contribution in [0.15, 0.2) is 12.7 Å². The first-order chi connectivity index (χ1) is 6.91. The van der Waals surface area contributed by atoms with Gasteiger partial charge < -0.3 is 15.1 Å². The van der Waals surface area contributed by atoms with Gasteiger partial charge in [0.2, 0.25) is 5.91 Å². The van der Waals surface area contributed by atoms with E-state index < -0.39 is 18.3 Å². The molecular weight excluding hydrogens is 229 g/mol. The minimum atomic E-state index is -4.19. The fourth-order valence-corrected chi connectivity index (χ4v) is 2.21. The quantitative estimate of drug-likeness (QED) is 0.508. The van der Waals surface area contributed by atoms with Gasteiger partial charge in [0, 0.05) is 5.54 Å². The van der Waals surface area contributed by atoms with Gasteiger partial charge in [-0.25, -0.2) is 0 Å². The monoisotopic (exact) mass is 249 g/mol. The fraction of sp³-hybridized carbons (Fsp3) is 0.700. The molecule has 0 unspecified atom stereocenters. The SMILES string of the molecule is C=CC(=O)NC(C)(C)CC(C)(C)P(=O)(O)O. The molecular formula is C10H20NO4P. The van der Waals surface area contributed by atoms with Gasteiger partial charge in [-0.1, -0.05) is 6.58 Å². The zero-order valence-electron chi connectivity index (χ0n) is 10.1. The van der Waals surface area contributed by atoms with E-state index in [0.717, 1.165) is 6.08 Å². The van der Waals surface area contributed by atoms with E-state index in [1.54, 1.807) is 13.8 Å². The molecule has 0 aliphatic heterocycles. The summed E-state index contributed by atoms with van der Waals surface area (Å²) in [7, 11) is -4.19. The molecule has 0 saturated carbocycles. The Labute approximate surface area is 96.1 Å². The summed E-state index contributed by atoms with van der Waals surface area (Å²) in [4.78, 5) is 29.5. The summed E-state index contributed by atoms with van der Waals surface area (Å²) in [6.07, 6.45) is 1.30. The number of rotatable bonds is 5. The van der Waals surface area contributed by atoms with Crippen LogP contribution in [0.4, 0.5) is 0 Å². The van der Waals surface area contributed by atoms with E-state index in [9.17, 15) is 19.1 Å². The van der Waals surface area contributed by atoms with E-state index in [-0.39, 0.29) is 12.3 Å². The van der Waals surface area contributed by atoms with Crippen molar-refractivity contribution in [2.75, 3.05) is 0 Å². The largest absolute Gasteiger partial charge is 0.348 e. The van der Waals surface area contributed by atoms with Crippen molar-refractivity contribution in [3.63, 3.8) is 0 Å². The third kappa shape index (κ3) is 4.47. The van der Waals surface area contributed by atoms with E-state index in [4.69, 9.17) is 0 Å². The average molecular weight is 249 g/mol. The summed E-state index contributed by atoms with van der Waals surface area (Å²) in [5, 5.41) is 1.46. The highest BCUT2D eigenvalue weighted by atomic mass is 31.2. The summed E-state index contributed by atoms with van der Waals surface area (Å²) in [5.41, 5.74) is -0.699. The third-order valence-corrected chi connectivity index (χ3v) is 4.05. The number of hydrogen-bond acceptors (Lipinski definition) is 2. The number of amides is 1. The summed E-state index contributed by atoms with van der Waals surface area (Å²) in [6, 6.07) is 0. The summed E-state index contributed by atoms with van der Waals surface area (Å²) < 4.78 is 11.2. The van der Waals surface area contributed by atoms with Crippen molar-refractivity contribution in [2.45, 2.75) is 44.8 Å². The highest BCUT2D eigenvalue weighted by Crippen LogP contribution is 2.53. The van der Waals surface area contributed by atoms with E-state index in [1.165, 1.54) is 13.8 Å². The van der Waals surface area contributed by atoms with Crippen LogP contribution >= 0.6 is 7.60 Å². The van der Waals surface area contributed by atoms with E-state index in [1.807, 2.05) is 0 Å². The Morgan fingerprint density at radius 1 is 1.38 bits per heavy atom. The van der Waals surface area contributed by atoms with Crippen LogP contribution < -0.4 is 5.32 Å². The third-order valence-electron chi connectivity index (χ3n) is 2.31. The Balaban J connectivity index is 4.77. The fourth-order valence-electron chi connectivity index (χ4n) is 1.61. The van der Waals surface area contributed by atoms with Crippen LogP contribution in [-0.4, -0.2) is 26.4 Å². The molecule has 0 aromatic rings. The topological polar surface area (TPSA) is 86.6 Å². The van der Waals surface area contributed by atoms with Crippen LogP contribution in [0, 0.1) is 0 Å². The number of nitrogens with one attached hydrogen (secondary N) is 1. The van der Waals surface area contributed by atoms with Crippen LogP contribution in [0.3, 0.4) is 0 Å². The molecule has 1 amide bonds. The molecule has 0 saturated heterocycles. The molecule has 0 aromatic heterocycles. The lowest BCUT2D eigenvalue weighted by molar-refractivity contribution is -0.118. The predicted molar refractivity (Wildman–Crippen MR) is 63.2 cm³/mol. The zero-order valence-corrected chi connectivity index (χ0v) is 11.0. The number of carbonyl (C=O) groups is 1. The standard InChI is InChI=1S/C10H20NO4P/c1-6-8(12)11-9(2,3)7-10(4,5)16(13,14)15/h6H,1,7H2,2-5H3,(H,11,12)(H2,13,14,15). The normalized spacial score (nSPS) is 13.4. The molecule has 0 aliphatic carbocycles. The molecule has 0 bridgehead atoms. The van der Waals surface area contributed by atoms with Crippen molar-refractivity contribution in [3.05, 3.63) is 12.7 Å². The maximum absolute atomic E-state index is 11.2. The minimum Gasteiger partial charge on any atom is -0.348 e. The molecule has 3 N–H and O–H groups in total. The van der Waals surface area contributed by atoms with Gasteiger partial charge in [0.05, 0.1) is 5.16 Å². The lowest BCUT2D eigenvalue weighted by Gasteiger charge is -2.35. The Morgan fingerprint density at radius 3 is 2.12 bits per heavy atom. The molecule has 0 atom stereocenters. The smallest absolute Gasteiger partial charge is 0.331 e. The first-order valence-corrected chi connectivity index (χ1v) is 6.53. The van der Waals surface area contributed by atoms with Crippen LogP contribution in [0.2, 0.25) is 0 Å². The second-order valence-corrected chi connectivity index (χ2v) is 7.41. The van der Waals surface area contributed by atoms with Gasteiger partial charge >= 0.3 is 7.60 Å². The highest BCUT2D eigenvalue weighted by molar-refractivity contribution is 7.53. The zero-order chi connectivity index (χ0) is 13.2. The first-order valence-electron chi connectivity index (χ1n) is 4.91. The molecule has 0 aromatic carbocycles. The van der Waals surface area contributed by atoms with E-state index in [0.29, 0.717) is 0 Å². The maximum atomic E-state index is 11.2. The molecule has 0 heterocycles. The predicted octanol–water partition coefficient (Wildman–Crippen LogP) is 1.41. The Bertz CT molecular complexity index is 330. The second-order valence-electron chi connectivity index (χ2n) is 5.11. The average Bonchev–Trinajstić information content (AvgIpc) is 1.98. The van der Waals surface area contributed by atoms with Gasteiger partial charge in [-0.05, 0) is 40.2 Å². The lowest BCUT2D eigenvalue weighted by atomic mass is 9.92. The van der Waals surface area contributed by atoms with E-state index >= 15 is 0 Å². The van der Waals surface area contributed by atoms with Crippen molar-refractivity contribution in [3.8, 4) is 0 Å². The molecule has 6 heteroatoms. The van der Waals surface area contributed by atoms with Gasteiger partial charge in [-0.3, -0.25) is 9.36 Å². The van der Waals surface area contributed by atoms with Gasteiger partial charge in [0.25, 0.3) is 0 Å². The molecule has 0 fully saturated rings. The summed E-state index contributed by atoms with van der Waals surface area (Å²) in [5.74, 6) is -0.355. The molecule has 0 spiro atoms. The van der Waals surface area contributed by atoms with Crippen LogP contribution in [0.5, 0.6) is 0 Å². The van der Waals surface area contributed by atoms with Crippen molar-refractivity contribution in [1.82, 2.24) is 5.32 Å². The molecule has 0 radical (unpaired) electrons. The van der Waals surface area contributed by atoms with Crippen LogP contribution in [-0.2, 0) is 9.36 Å². The maximum Gasteiger partial charge on any atom is 0.331 e. The van der Waals surface area contributed by atoms with Crippen molar-refractivity contribution < 1.29 is 19.1 Å². The Hall–Kier alpha value is -0.640. The highest BCUT2D eigenvalue weighted by Gasteiger charge is 2.42. The van der Waals surface area contributed by atoms with Crippen molar-refractivity contribution in [1.29, 1.82) is 0 Å². The molecule has 0 rings (SSSR count). The van der Waals surface area contributed by atoms with Crippen LogP contribution in [0.1, 0.15) is 34.1 Å². The lowest BCUT2D eigenvalue weighted by Crippen LogP contribution is -2.47. The van der Waals surface area contributed by atoms with Crippen LogP contribution in [0.25, 0.3) is 0 Å². The Kier molecular flexibility index (Phi) is 4.51. The Morgan fingerprint density at radius 2 is 1.81 bits per heavy atom. The minimum absolute atomic E-state index is 0.170. The summed E-state index contributed by atoms with van der Waals surface area (Å²) in [6.45, 7) is 9.72. The van der Waals surface area contributed by atoms with E-state index in [2.05, 4.69) is 11.9 Å². The molecule has 0 aliphatic rings. The van der Waals surface area contributed by atoms with Crippen molar-refractivity contribution >= 4 is 13.5 Å². The van der Waals surface area contributed by atoms with Gasteiger partial charge in [-0.2, -0.15) is 0 Å². The van der Waals surface area contributed by atoms with Crippen molar-refractivity contribution in [2.24, 2.45) is 0 Å². The molecule has 5 nitrogen and oxygen atoms in total. The first kappa shape index (κ1) is 15.4.